The molecule has 0 spiro atoms. The highest BCUT2D eigenvalue weighted by Crippen LogP contribution is 2.10. The van der Waals surface area contributed by atoms with Crippen molar-refractivity contribution in [1.29, 1.82) is 0 Å². The molecule has 0 saturated carbocycles. The summed E-state index contributed by atoms with van der Waals surface area (Å²) >= 11 is 0. The van der Waals surface area contributed by atoms with Gasteiger partial charge in [-0.1, -0.05) is 25.1 Å². The fourth-order valence-electron chi connectivity index (χ4n) is 2.01. The second kappa shape index (κ2) is 7.72. The van der Waals surface area contributed by atoms with Gasteiger partial charge in [-0.15, -0.1) is 5.10 Å². The van der Waals surface area contributed by atoms with Gasteiger partial charge in [0.2, 0.25) is 0 Å². The van der Waals surface area contributed by atoms with Crippen molar-refractivity contribution >= 4 is 0 Å². The molecule has 6 heteroatoms. The number of methoxy groups -OCH3 is 1. The van der Waals surface area contributed by atoms with E-state index in [0.29, 0.717) is 5.92 Å². The van der Waals surface area contributed by atoms with Crippen LogP contribution in [-0.4, -0.2) is 47.0 Å². The van der Waals surface area contributed by atoms with Crippen LogP contribution < -0.4 is 5.32 Å². The van der Waals surface area contributed by atoms with Crippen molar-refractivity contribution in [1.82, 2.24) is 25.5 Å². The van der Waals surface area contributed by atoms with Crippen molar-refractivity contribution in [3.63, 3.8) is 0 Å². The van der Waals surface area contributed by atoms with Crippen LogP contribution in [-0.2, 0) is 11.2 Å². The molecule has 1 atom stereocenters. The highest BCUT2D eigenvalue weighted by atomic mass is 16.5. The molecular weight excluding hydrogens is 254 g/mol. The van der Waals surface area contributed by atoms with Crippen molar-refractivity contribution in [3.8, 4) is 5.69 Å². The molecule has 1 unspecified atom stereocenters. The predicted molar refractivity (Wildman–Crippen MR) is 76.8 cm³/mol. The van der Waals surface area contributed by atoms with Crippen LogP contribution in [0, 0.1) is 5.92 Å². The average Bonchev–Trinajstić information content (AvgIpc) is 2.92. The fraction of sp³-hybridized carbons (Fsp3) is 0.500. The molecule has 6 nitrogen and oxygen atoms in total. The Morgan fingerprint density at radius 3 is 2.85 bits per heavy atom. The molecule has 0 saturated heterocycles. The van der Waals surface area contributed by atoms with Gasteiger partial charge in [-0.25, -0.2) is 0 Å². The Kier molecular flexibility index (Phi) is 5.64. The maximum atomic E-state index is 5.01. The monoisotopic (exact) mass is 275 g/mol. The van der Waals surface area contributed by atoms with E-state index < -0.39 is 0 Å². The van der Waals surface area contributed by atoms with Crippen LogP contribution in [0.2, 0.25) is 0 Å². The second-order valence-electron chi connectivity index (χ2n) is 4.85. The minimum Gasteiger partial charge on any atom is -0.383 e. The van der Waals surface area contributed by atoms with Crippen molar-refractivity contribution in [2.24, 2.45) is 5.92 Å². The lowest BCUT2D eigenvalue weighted by Crippen LogP contribution is -2.26. The van der Waals surface area contributed by atoms with Crippen LogP contribution in [0.15, 0.2) is 30.3 Å². The van der Waals surface area contributed by atoms with Crippen LogP contribution in [0.25, 0.3) is 5.69 Å². The standard InChI is InChI=1S/C14H21N5O/c1-12(11-15-8-9-20-2)10-14-16-17-18-19(14)13-6-4-3-5-7-13/h3-7,12,15H,8-11H2,1-2H3. The van der Waals surface area contributed by atoms with E-state index in [-0.39, 0.29) is 0 Å². The maximum absolute atomic E-state index is 5.01. The first-order valence-electron chi connectivity index (χ1n) is 6.83. The summed E-state index contributed by atoms with van der Waals surface area (Å²) in [7, 11) is 1.71. The lowest BCUT2D eigenvalue weighted by atomic mass is 10.1. The smallest absolute Gasteiger partial charge is 0.157 e. The number of benzene rings is 1. The topological polar surface area (TPSA) is 64.9 Å². The maximum Gasteiger partial charge on any atom is 0.157 e. The Hall–Kier alpha value is -1.79. The number of hydrogen-bond donors (Lipinski definition) is 1. The lowest BCUT2D eigenvalue weighted by Gasteiger charge is -2.12. The minimum atomic E-state index is 0.459. The van der Waals surface area contributed by atoms with Gasteiger partial charge in [0.25, 0.3) is 0 Å². The molecule has 0 amide bonds. The van der Waals surface area contributed by atoms with E-state index in [0.717, 1.165) is 37.6 Å². The minimum absolute atomic E-state index is 0.459. The molecule has 0 bridgehead atoms. The first-order chi connectivity index (χ1) is 9.81. The summed E-state index contributed by atoms with van der Waals surface area (Å²) in [6.45, 7) is 4.70. The van der Waals surface area contributed by atoms with Gasteiger partial charge < -0.3 is 10.1 Å². The summed E-state index contributed by atoms with van der Waals surface area (Å²) in [5, 5.41) is 15.3. The number of nitrogens with zero attached hydrogens (tertiary/aromatic N) is 4. The molecule has 1 heterocycles. The normalized spacial score (nSPS) is 12.5. The highest BCUT2D eigenvalue weighted by molar-refractivity contribution is 5.30. The van der Waals surface area contributed by atoms with Crippen LogP contribution >= 0.6 is 0 Å². The van der Waals surface area contributed by atoms with Gasteiger partial charge in [0.15, 0.2) is 5.82 Å². The van der Waals surface area contributed by atoms with Gasteiger partial charge in [-0.2, -0.15) is 4.68 Å². The van der Waals surface area contributed by atoms with Gasteiger partial charge >= 0.3 is 0 Å². The summed E-state index contributed by atoms with van der Waals surface area (Å²) < 4.78 is 6.80. The molecule has 20 heavy (non-hydrogen) atoms. The van der Waals surface area contributed by atoms with Crippen LogP contribution in [0.5, 0.6) is 0 Å². The molecule has 108 valence electrons. The number of aromatic nitrogens is 4. The predicted octanol–water partition coefficient (Wildman–Crippen LogP) is 1.08. The molecule has 1 aromatic carbocycles. The third-order valence-corrected chi connectivity index (χ3v) is 3.04. The van der Waals surface area contributed by atoms with E-state index in [4.69, 9.17) is 4.74 Å². The lowest BCUT2D eigenvalue weighted by molar-refractivity contribution is 0.198. The summed E-state index contributed by atoms with van der Waals surface area (Å²) in [6, 6.07) is 9.95. The Bertz CT molecular complexity index is 499. The van der Waals surface area contributed by atoms with E-state index >= 15 is 0 Å². The van der Waals surface area contributed by atoms with Gasteiger partial charge in [-0.3, -0.25) is 0 Å². The van der Waals surface area contributed by atoms with Crippen LogP contribution in [0.3, 0.4) is 0 Å². The van der Waals surface area contributed by atoms with Crippen molar-refractivity contribution in [3.05, 3.63) is 36.2 Å². The van der Waals surface area contributed by atoms with Crippen molar-refractivity contribution in [2.45, 2.75) is 13.3 Å². The molecular formula is C14H21N5O. The summed E-state index contributed by atoms with van der Waals surface area (Å²) in [5.74, 6) is 1.34. The Morgan fingerprint density at radius 1 is 1.30 bits per heavy atom. The quantitative estimate of drug-likeness (QED) is 0.730. The largest absolute Gasteiger partial charge is 0.383 e. The summed E-state index contributed by atoms with van der Waals surface area (Å²) in [6.07, 6.45) is 0.835. The molecule has 2 rings (SSSR count). The summed E-state index contributed by atoms with van der Waals surface area (Å²) in [4.78, 5) is 0. The zero-order chi connectivity index (χ0) is 14.2. The average molecular weight is 275 g/mol. The molecule has 1 N–H and O–H groups in total. The fourth-order valence-corrected chi connectivity index (χ4v) is 2.01. The number of nitrogens with one attached hydrogen (secondary N) is 1. The molecule has 0 aliphatic rings. The zero-order valence-electron chi connectivity index (χ0n) is 12.0. The molecule has 0 aliphatic heterocycles. The van der Waals surface area contributed by atoms with Crippen LogP contribution in [0.4, 0.5) is 0 Å². The Balaban J connectivity index is 1.92. The second-order valence-corrected chi connectivity index (χ2v) is 4.85. The van der Waals surface area contributed by atoms with Crippen LogP contribution in [0.1, 0.15) is 12.7 Å². The number of hydrogen-bond acceptors (Lipinski definition) is 5. The van der Waals surface area contributed by atoms with Gasteiger partial charge in [0.1, 0.15) is 0 Å². The molecule has 0 fully saturated rings. The zero-order valence-corrected chi connectivity index (χ0v) is 12.0. The van der Waals surface area contributed by atoms with Gasteiger partial charge in [-0.05, 0) is 35.0 Å². The first kappa shape index (κ1) is 14.6. The number of tetrazole rings is 1. The van der Waals surface area contributed by atoms with E-state index in [9.17, 15) is 0 Å². The molecule has 1 aromatic heterocycles. The SMILES string of the molecule is COCCNCC(C)Cc1nnnn1-c1ccccc1. The third-order valence-electron chi connectivity index (χ3n) is 3.04. The Morgan fingerprint density at radius 2 is 2.10 bits per heavy atom. The van der Waals surface area contributed by atoms with E-state index in [1.165, 1.54) is 0 Å². The number of rotatable bonds is 8. The molecule has 0 aliphatic carbocycles. The highest BCUT2D eigenvalue weighted by Gasteiger charge is 2.12. The third kappa shape index (κ3) is 4.11. The van der Waals surface area contributed by atoms with E-state index in [1.54, 1.807) is 11.8 Å². The molecule has 0 radical (unpaired) electrons. The van der Waals surface area contributed by atoms with E-state index in [1.807, 2.05) is 30.3 Å². The van der Waals surface area contributed by atoms with Crippen molar-refractivity contribution in [2.75, 3.05) is 26.8 Å². The first-order valence-corrected chi connectivity index (χ1v) is 6.83. The van der Waals surface area contributed by atoms with Gasteiger partial charge in [0.05, 0.1) is 12.3 Å². The number of para-hydroxylation sites is 1. The Labute approximate surface area is 119 Å². The van der Waals surface area contributed by atoms with Gasteiger partial charge in [0, 0.05) is 20.1 Å². The van der Waals surface area contributed by atoms with Crippen molar-refractivity contribution < 1.29 is 4.74 Å². The molecule has 2 aromatic rings. The summed E-state index contributed by atoms with van der Waals surface area (Å²) in [5.41, 5.74) is 0.993. The number of ether oxygens (including phenoxy) is 1. The van der Waals surface area contributed by atoms with E-state index in [2.05, 4.69) is 27.8 Å².